The van der Waals surface area contributed by atoms with E-state index in [2.05, 4.69) is 15.6 Å². The fraction of sp³-hybridized carbons (Fsp3) is 0.538. The number of hydrogen-bond acceptors (Lipinski definition) is 3. The zero-order valence-corrected chi connectivity index (χ0v) is 12.4. The molecule has 19 heavy (non-hydrogen) atoms. The summed E-state index contributed by atoms with van der Waals surface area (Å²) in [6.45, 7) is 2.91. The fourth-order valence-electron chi connectivity index (χ4n) is 2.02. The average molecular weight is 306 g/mol. The molecule has 1 aromatic heterocycles. The van der Waals surface area contributed by atoms with Gasteiger partial charge < -0.3 is 10.6 Å². The van der Waals surface area contributed by atoms with E-state index < -0.39 is 0 Å². The van der Waals surface area contributed by atoms with Gasteiger partial charge in [0.25, 0.3) is 0 Å². The lowest BCUT2D eigenvalue weighted by atomic mass is 10.1. The first kappa shape index (κ1) is 18.2. The third kappa shape index (κ3) is 6.76. The number of nitrogens with zero attached hydrogens (tertiary/aromatic N) is 1. The molecule has 0 spiro atoms. The van der Waals surface area contributed by atoms with Crippen LogP contribution in [0.3, 0.4) is 0 Å². The minimum Gasteiger partial charge on any atom is -0.356 e. The third-order valence-electron chi connectivity index (χ3n) is 3.08. The topological polar surface area (TPSA) is 54.0 Å². The first-order valence-corrected chi connectivity index (χ1v) is 6.22. The maximum absolute atomic E-state index is 11.6. The van der Waals surface area contributed by atoms with Gasteiger partial charge in [0.05, 0.1) is 0 Å². The number of carbonyl (C=O) groups excluding carboxylic acids is 1. The SMILES string of the molecule is Cl.Cl.O=C(CCc1ccccn1)NCC1CCNC1. The molecule has 1 amide bonds. The van der Waals surface area contributed by atoms with Crippen molar-refractivity contribution in [2.24, 2.45) is 5.92 Å². The summed E-state index contributed by atoms with van der Waals surface area (Å²) >= 11 is 0. The summed E-state index contributed by atoms with van der Waals surface area (Å²) in [5.41, 5.74) is 0.977. The lowest BCUT2D eigenvalue weighted by Crippen LogP contribution is -2.30. The number of pyridine rings is 1. The Morgan fingerprint density at radius 3 is 2.89 bits per heavy atom. The lowest BCUT2D eigenvalue weighted by Gasteiger charge is -2.09. The molecule has 0 aliphatic carbocycles. The van der Waals surface area contributed by atoms with E-state index in [0.29, 0.717) is 12.3 Å². The van der Waals surface area contributed by atoms with Gasteiger partial charge >= 0.3 is 0 Å². The van der Waals surface area contributed by atoms with Gasteiger partial charge in [-0.1, -0.05) is 6.07 Å². The van der Waals surface area contributed by atoms with Gasteiger partial charge in [0.1, 0.15) is 0 Å². The summed E-state index contributed by atoms with van der Waals surface area (Å²) in [5.74, 6) is 0.733. The van der Waals surface area contributed by atoms with Gasteiger partial charge in [-0.05, 0) is 44.0 Å². The van der Waals surface area contributed by atoms with E-state index in [1.54, 1.807) is 6.20 Å². The van der Waals surface area contributed by atoms with E-state index in [4.69, 9.17) is 0 Å². The quantitative estimate of drug-likeness (QED) is 0.868. The second-order valence-corrected chi connectivity index (χ2v) is 4.48. The van der Waals surface area contributed by atoms with Crippen LogP contribution in [0.2, 0.25) is 0 Å². The second kappa shape index (κ2) is 10.0. The maximum atomic E-state index is 11.6. The van der Waals surface area contributed by atoms with Crippen molar-refractivity contribution < 1.29 is 4.79 Å². The van der Waals surface area contributed by atoms with Crippen molar-refractivity contribution >= 4 is 30.7 Å². The number of halogens is 2. The molecule has 2 rings (SSSR count). The third-order valence-corrected chi connectivity index (χ3v) is 3.08. The predicted molar refractivity (Wildman–Crippen MR) is 81.0 cm³/mol. The Morgan fingerprint density at radius 1 is 1.42 bits per heavy atom. The molecular weight excluding hydrogens is 285 g/mol. The van der Waals surface area contributed by atoms with Crippen molar-refractivity contribution in [3.05, 3.63) is 30.1 Å². The van der Waals surface area contributed by atoms with Gasteiger partial charge in [-0.25, -0.2) is 0 Å². The molecular formula is C13H21Cl2N3O. The molecule has 0 saturated carbocycles. The highest BCUT2D eigenvalue weighted by Gasteiger charge is 2.14. The highest BCUT2D eigenvalue weighted by atomic mass is 35.5. The first-order chi connectivity index (χ1) is 8.34. The Labute approximate surface area is 126 Å². The zero-order valence-electron chi connectivity index (χ0n) is 10.8. The normalized spacial score (nSPS) is 17.2. The van der Waals surface area contributed by atoms with E-state index in [1.165, 1.54) is 6.42 Å². The van der Waals surface area contributed by atoms with Crippen LogP contribution in [-0.4, -0.2) is 30.5 Å². The number of aryl methyl sites for hydroxylation is 1. The Kier molecular flexibility index (Phi) is 9.57. The molecule has 1 atom stereocenters. The highest BCUT2D eigenvalue weighted by Crippen LogP contribution is 2.05. The fourth-order valence-corrected chi connectivity index (χ4v) is 2.02. The monoisotopic (exact) mass is 305 g/mol. The molecule has 1 fully saturated rings. The molecule has 1 aliphatic rings. The van der Waals surface area contributed by atoms with Gasteiger partial charge in [-0.2, -0.15) is 0 Å². The number of hydrogen-bond donors (Lipinski definition) is 2. The summed E-state index contributed by atoms with van der Waals surface area (Å²) in [6, 6.07) is 5.79. The van der Waals surface area contributed by atoms with Gasteiger partial charge in [0.2, 0.25) is 5.91 Å². The molecule has 1 aliphatic heterocycles. The molecule has 0 radical (unpaired) electrons. The van der Waals surface area contributed by atoms with Crippen LogP contribution >= 0.6 is 24.8 Å². The molecule has 2 heterocycles. The summed E-state index contributed by atoms with van der Waals surface area (Å²) in [7, 11) is 0. The summed E-state index contributed by atoms with van der Waals surface area (Å²) in [5, 5.41) is 6.28. The number of nitrogens with one attached hydrogen (secondary N) is 2. The van der Waals surface area contributed by atoms with E-state index in [-0.39, 0.29) is 30.7 Å². The Bertz CT molecular complexity index is 356. The Hall–Kier alpha value is -0.840. The molecule has 108 valence electrons. The highest BCUT2D eigenvalue weighted by molar-refractivity contribution is 5.85. The molecule has 0 aromatic carbocycles. The van der Waals surface area contributed by atoms with E-state index >= 15 is 0 Å². The van der Waals surface area contributed by atoms with Crippen molar-refractivity contribution in [1.82, 2.24) is 15.6 Å². The second-order valence-electron chi connectivity index (χ2n) is 4.48. The van der Waals surface area contributed by atoms with Crippen molar-refractivity contribution in [1.29, 1.82) is 0 Å². The van der Waals surface area contributed by atoms with Crippen LogP contribution in [0.5, 0.6) is 0 Å². The van der Waals surface area contributed by atoms with Crippen LogP contribution in [0.1, 0.15) is 18.5 Å². The Balaban J connectivity index is 0.00000162. The minimum absolute atomic E-state index is 0. The largest absolute Gasteiger partial charge is 0.356 e. The van der Waals surface area contributed by atoms with Gasteiger partial charge in [0, 0.05) is 24.9 Å². The predicted octanol–water partition coefficient (Wildman–Crippen LogP) is 1.58. The molecule has 1 unspecified atom stereocenters. The maximum Gasteiger partial charge on any atom is 0.220 e. The number of carbonyl (C=O) groups is 1. The van der Waals surface area contributed by atoms with E-state index in [0.717, 1.165) is 31.7 Å². The summed E-state index contributed by atoms with van der Waals surface area (Å²) in [6.07, 6.45) is 4.17. The van der Waals surface area contributed by atoms with Crippen LogP contribution < -0.4 is 10.6 Å². The molecule has 1 aromatic rings. The Morgan fingerprint density at radius 2 is 2.26 bits per heavy atom. The van der Waals surface area contributed by atoms with Crippen LogP contribution in [0, 0.1) is 5.92 Å². The van der Waals surface area contributed by atoms with Crippen LogP contribution in [-0.2, 0) is 11.2 Å². The lowest BCUT2D eigenvalue weighted by molar-refractivity contribution is -0.121. The van der Waals surface area contributed by atoms with Crippen molar-refractivity contribution in [2.45, 2.75) is 19.3 Å². The summed E-state index contributed by atoms with van der Waals surface area (Å²) in [4.78, 5) is 15.8. The number of aromatic nitrogens is 1. The van der Waals surface area contributed by atoms with E-state index in [1.807, 2.05) is 18.2 Å². The minimum atomic E-state index is 0. The van der Waals surface area contributed by atoms with Crippen LogP contribution in [0.25, 0.3) is 0 Å². The van der Waals surface area contributed by atoms with Gasteiger partial charge in [0.15, 0.2) is 0 Å². The molecule has 2 N–H and O–H groups in total. The smallest absolute Gasteiger partial charge is 0.220 e. The van der Waals surface area contributed by atoms with Crippen molar-refractivity contribution in [3.63, 3.8) is 0 Å². The molecule has 6 heteroatoms. The van der Waals surface area contributed by atoms with Crippen LogP contribution in [0.4, 0.5) is 0 Å². The first-order valence-electron chi connectivity index (χ1n) is 6.22. The summed E-state index contributed by atoms with van der Waals surface area (Å²) < 4.78 is 0. The molecule has 4 nitrogen and oxygen atoms in total. The van der Waals surface area contributed by atoms with Crippen molar-refractivity contribution in [2.75, 3.05) is 19.6 Å². The van der Waals surface area contributed by atoms with E-state index in [9.17, 15) is 4.79 Å². The van der Waals surface area contributed by atoms with Gasteiger partial charge in [-0.15, -0.1) is 24.8 Å². The molecule has 1 saturated heterocycles. The standard InChI is InChI=1S/C13H19N3O.2ClH/c17-13(16-10-11-6-8-14-9-11)5-4-12-3-1-2-7-15-12;;/h1-3,7,11,14H,4-6,8-10H2,(H,16,17);2*1H. The number of rotatable bonds is 5. The average Bonchev–Trinajstić information content (AvgIpc) is 2.88. The molecule has 0 bridgehead atoms. The number of amides is 1. The van der Waals surface area contributed by atoms with Crippen LogP contribution in [0.15, 0.2) is 24.4 Å². The van der Waals surface area contributed by atoms with Gasteiger partial charge in [-0.3, -0.25) is 9.78 Å². The zero-order chi connectivity index (χ0) is 11.9. The van der Waals surface area contributed by atoms with Crippen molar-refractivity contribution in [3.8, 4) is 0 Å².